The maximum Gasteiger partial charge on any atom is 0.109 e. The summed E-state index contributed by atoms with van der Waals surface area (Å²) in [5.41, 5.74) is 6.58. The smallest absolute Gasteiger partial charge is 0.109 e. The van der Waals surface area contributed by atoms with Crippen molar-refractivity contribution in [1.82, 2.24) is 9.97 Å². The average Bonchev–Trinajstić information content (AvgIpc) is 2.71. The monoisotopic (exact) mass is 179 g/mol. The lowest BCUT2D eigenvalue weighted by Gasteiger charge is -2.11. The number of nitrogens with zero attached hydrogens (tertiary/aromatic N) is 1. The number of nitrogens with one attached hydrogen (secondary N) is 1. The van der Waals surface area contributed by atoms with E-state index in [1.54, 1.807) is 0 Å². The molecule has 0 amide bonds. The van der Waals surface area contributed by atoms with Gasteiger partial charge in [-0.2, -0.15) is 0 Å². The minimum Gasteiger partial charge on any atom is -0.345 e. The zero-order chi connectivity index (χ0) is 9.26. The lowest BCUT2D eigenvalue weighted by atomic mass is 9.98. The van der Waals surface area contributed by atoms with E-state index in [4.69, 9.17) is 5.73 Å². The van der Waals surface area contributed by atoms with Crippen LogP contribution in [-0.2, 0) is 6.54 Å². The molecule has 0 aliphatic heterocycles. The minimum atomic E-state index is 0.564. The normalized spacial score (nSPS) is 28.2. The maximum absolute atomic E-state index is 5.53. The highest BCUT2D eigenvalue weighted by atomic mass is 14.9. The van der Waals surface area contributed by atoms with Crippen LogP contribution in [0.2, 0.25) is 0 Å². The third kappa shape index (κ3) is 1.61. The summed E-state index contributed by atoms with van der Waals surface area (Å²) in [4.78, 5) is 7.68. The highest BCUT2D eigenvalue weighted by Gasteiger charge is 2.26. The third-order valence-electron chi connectivity index (χ3n) is 3.08. The molecule has 1 saturated carbocycles. The Morgan fingerprint density at radius 3 is 3.00 bits per heavy atom. The van der Waals surface area contributed by atoms with Crippen molar-refractivity contribution in [3.05, 3.63) is 17.7 Å². The van der Waals surface area contributed by atoms with Crippen molar-refractivity contribution in [2.75, 3.05) is 0 Å². The largest absolute Gasteiger partial charge is 0.345 e. The summed E-state index contributed by atoms with van der Waals surface area (Å²) in [5.74, 6) is 2.56. The molecule has 3 nitrogen and oxygen atoms in total. The molecule has 0 bridgehead atoms. The Morgan fingerprint density at radius 1 is 1.62 bits per heavy atom. The summed E-state index contributed by atoms with van der Waals surface area (Å²) < 4.78 is 0. The van der Waals surface area contributed by atoms with E-state index in [9.17, 15) is 0 Å². The fourth-order valence-corrected chi connectivity index (χ4v) is 2.22. The standard InChI is InChI=1S/C10H17N3/c1-7-3-2-4-9(7)10-12-6-8(5-11)13-10/h6-7,9H,2-5,11H2,1H3,(H,12,13). The fourth-order valence-electron chi connectivity index (χ4n) is 2.22. The van der Waals surface area contributed by atoms with Crippen LogP contribution in [0.3, 0.4) is 0 Å². The van der Waals surface area contributed by atoms with E-state index in [-0.39, 0.29) is 0 Å². The first-order chi connectivity index (χ1) is 6.31. The molecule has 1 fully saturated rings. The Balaban J connectivity index is 2.15. The van der Waals surface area contributed by atoms with Gasteiger partial charge in [0.15, 0.2) is 0 Å². The van der Waals surface area contributed by atoms with Gasteiger partial charge in [-0.1, -0.05) is 13.3 Å². The second-order valence-electron chi connectivity index (χ2n) is 4.01. The minimum absolute atomic E-state index is 0.564. The predicted octanol–water partition coefficient (Wildman–Crippen LogP) is 1.77. The molecule has 72 valence electrons. The topological polar surface area (TPSA) is 54.7 Å². The van der Waals surface area contributed by atoms with Gasteiger partial charge in [-0.25, -0.2) is 4.98 Å². The van der Waals surface area contributed by atoms with Crippen molar-refractivity contribution < 1.29 is 0 Å². The van der Waals surface area contributed by atoms with Gasteiger partial charge in [0.1, 0.15) is 5.82 Å². The van der Waals surface area contributed by atoms with Crippen LogP contribution < -0.4 is 5.73 Å². The SMILES string of the molecule is CC1CCCC1c1ncc(CN)[nH]1. The van der Waals surface area contributed by atoms with Crippen molar-refractivity contribution in [3.63, 3.8) is 0 Å². The van der Waals surface area contributed by atoms with Crippen LogP contribution in [0.5, 0.6) is 0 Å². The lowest BCUT2D eigenvalue weighted by molar-refractivity contribution is 0.513. The number of imidazole rings is 1. The van der Waals surface area contributed by atoms with Crippen LogP contribution in [0.25, 0.3) is 0 Å². The molecule has 0 aromatic carbocycles. The highest BCUT2D eigenvalue weighted by Crippen LogP contribution is 2.37. The van der Waals surface area contributed by atoms with E-state index in [1.165, 1.54) is 19.3 Å². The van der Waals surface area contributed by atoms with Gasteiger partial charge in [0.2, 0.25) is 0 Å². The van der Waals surface area contributed by atoms with Gasteiger partial charge in [-0.15, -0.1) is 0 Å². The number of nitrogens with two attached hydrogens (primary N) is 1. The average molecular weight is 179 g/mol. The molecule has 3 heteroatoms. The third-order valence-corrected chi connectivity index (χ3v) is 3.08. The number of aromatic nitrogens is 2. The van der Waals surface area contributed by atoms with Gasteiger partial charge >= 0.3 is 0 Å². The van der Waals surface area contributed by atoms with Crippen LogP contribution in [0.1, 0.15) is 43.6 Å². The summed E-state index contributed by atoms with van der Waals surface area (Å²) in [7, 11) is 0. The Bertz CT molecular complexity index is 279. The predicted molar refractivity (Wildman–Crippen MR) is 52.2 cm³/mol. The molecule has 0 saturated heterocycles. The van der Waals surface area contributed by atoms with Gasteiger partial charge in [-0.05, 0) is 18.8 Å². The van der Waals surface area contributed by atoms with Gasteiger partial charge in [0.05, 0.1) is 0 Å². The Morgan fingerprint density at radius 2 is 2.46 bits per heavy atom. The van der Waals surface area contributed by atoms with Gasteiger partial charge in [-0.3, -0.25) is 0 Å². The lowest BCUT2D eigenvalue weighted by Crippen LogP contribution is -2.04. The number of hydrogen-bond donors (Lipinski definition) is 2. The zero-order valence-electron chi connectivity index (χ0n) is 8.09. The quantitative estimate of drug-likeness (QED) is 0.727. The summed E-state index contributed by atoms with van der Waals surface area (Å²) in [6.45, 7) is 2.87. The fraction of sp³-hybridized carbons (Fsp3) is 0.700. The molecule has 2 rings (SSSR count). The molecule has 1 aliphatic carbocycles. The van der Waals surface area contributed by atoms with Gasteiger partial charge in [0.25, 0.3) is 0 Å². The van der Waals surface area contributed by atoms with Crippen molar-refractivity contribution in [2.45, 2.75) is 38.6 Å². The van der Waals surface area contributed by atoms with Crippen molar-refractivity contribution >= 4 is 0 Å². The molecule has 3 N–H and O–H groups in total. The number of aromatic amines is 1. The van der Waals surface area contributed by atoms with E-state index in [0.717, 1.165) is 17.4 Å². The van der Waals surface area contributed by atoms with Crippen LogP contribution in [0.4, 0.5) is 0 Å². The first-order valence-corrected chi connectivity index (χ1v) is 5.05. The van der Waals surface area contributed by atoms with Gasteiger partial charge < -0.3 is 10.7 Å². The van der Waals surface area contributed by atoms with Crippen LogP contribution in [0.15, 0.2) is 6.20 Å². The number of rotatable bonds is 2. The van der Waals surface area contributed by atoms with Gasteiger partial charge in [0, 0.05) is 24.4 Å². The van der Waals surface area contributed by atoms with E-state index >= 15 is 0 Å². The van der Waals surface area contributed by atoms with E-state index in [0.29, 0.717) is 12.5 Å². The van der Waals surface area contributed by atoms with Crippen LogP contribution >= 0.6 is 0 Å². The van der Waals surface area contributed by atoms with Crippen molar-refractivity contribution in [3.8, 4) is 0 Å². The number of H-pyrrole nitrogens is 1. The Kier molecular flexibility index (Phi) is 2.36. The molecular formula is C10H17N3. The zero-order valence-corrected chi connectivity index (χ0v) is 8.09. The summed E-state index contributed by atoms with van der Waals surface area (Å²) in [6, 6.07) is 0. The summed E-state index contributed by atoms with van der Waals surface area (Å²) in [5, 5.41) is 0. The first-order valence-electron chi connectivity index (χ1n) is 5.05. The molecule has 0 spiro atoms. The molecule has 1 heterocycles. The van der Waals surface area contributed by atoms with Crippen LogP contribution in [-0.4, -0.2) is 9.97 Å². The second-order valence-corrected chi connectivity index (χ2v) is 4.01. The molecule has 1 aromatic rings. The Labute approximate surface area is 78.7 Å². The summed E-state index contributed by atoms with van der Waals surface area (Å²) >= 11 is 0. The molecule has 0 radical (unpaired) electrons. The second kappa shape index (κ2) is 3.50. The Hall–Kier alpha value is -0.830. The van der Waals surface area contributed by atoms with E-state index in [1.807, 2.05) is 6.20 Å². The molecule has 1 aliphatic rings. The molecular weight excluding hydrogens is 162 g/mol. The van der Waals surface area contributed by atoms with Crippen LogP contribution in [0, 0.1) is 5.92 Å². The first kappa shape index (κ1) is 8.75. The molecule has 2 unspecified atom stereocenters. The van der Waals surface area contributed by atoms with Crippen molar-refractivity contribution in [1.29, 1.82) is 0 Å². The molecule has 1 aromatic heterocycles. The van der Waals surface area contributed by atoms with Crippen molar-refractivity contribution in [2.24, 2.45) is 11.7 Å². The van der Waals surface area contributed by atoms with E-state index in [2.05, 4.69) is 16.9 Å². The molecule has 13 heavy (non-hydrogen) atoms. The highest BCUT2D eigenvalue weighted by molar-refractivity contribution is 5.07. The maximum atomic E-state index is 5.53. The summed E-state index contributed by atoms with van der Waals surface area (Å²) in [6.07, 6.45) is 5.81. The molecule has 2 atom stereocenters. The van der Waals surface area contributed by atoms with E-state index < -0.39 is 0 Å². The number of hydrogen-bond acceptors (Lipinski definition) is 2.